The lowest BCUT2D eigenvalue weighted by atomic mass is 10.2. The summed E-state index contributed by atoms with van der Waals surface area (Å²) in [5, 5.41) is 0. The Morgan fingerprint density at radius 1 is 0.900 bits per heavy atom. The Morgan fingerprint density at radius 2 is 1.53 bits per heavy atom. The molecule has 2 aromatic carbocycles. The van der Waals surface area contributed by atoms with Crippen LogP contribution in [-0.2, 0) is 4.74 Å². The van der Waals surface area contributed by atoms with E-state index < -0.39 is 6.16 Å². The average molecular weight is 522 g/mol. The summed E-state index contributed by atoms with van der Waals surface area (Å²) in [6, 6.07) is 13.9. The topological polar surface area (TPSA) is 76.2 Å². The first-order valence-corrected chi connectivity index (χ1v) is 10.8. The summed E-state index contributed by atoms with van der Waals surface area (Å²) in [5.41, 5.74) is 1.19. The van der Waals surface area contributed by atoms with Crippen LogP contribution in [0.3, 0.4) is 0 Å². The molecule has 2 aromatic rings. The van der Waals surface area contributed by atoms with Crippen molar-refractivity contribution in [1.29, 1.82) is 0 Å². The molecule has 0 aromatic heterocycles. The molecule has 8 heteroatoms. The third-order valence-electron chi connectivity index (χ3n) is 4.74. The summed E-state index contributed by atoms with van der Waals surface area (Å²) in [6.07, 6.45) is -0.0628. The standard InChI is InChI=1S/C22H23IN2O5/c1-2-29-22(28)30-17-10-8-16(9-11-17)20(26)24-12-5-13-25(15-14-24)21(27)18-6-3-4-7-19(18)23/h3-4,6-11H,2,5,12-15H2,1H3. The molecule has 2 amide bonds. The summed E-state index contributed by atoms with van der Waals surface area (Å²) in [6.45, 7) is 4.07. The lowest BCUT2D eigenvalue weighted by Gasteiger charge is -2.22. The van der Waals surface area contributed by atoms with E-state index in [9.17, 15) is 14.4 Å². The van der Waals surface area contributed by atoms with Crippen molar-refractivity contribution in [2.24, 2.45) is 0 Å². The number of carbonyl (C=O) groups excluding carboxylic acids is 3. The molecule has 1 aliphatic rings. The molecule has 3 rings (SSSR count). The number of hydrogen-bond donors (Lipinski definition) is 0. The van der Waals surface area contributed by atoms with Crippen molar-refractivity contribution >= 4 is 40.6 Å². The second kappa shape index (κ2) is 10.4. The first-order valence-electron chi connectivity index (χ1n) is 9.77. The van der Waals surface area contributed by atoms with Gasteiger partial charge in [0.2, 0.25) is 0 Å². The van der Waals surface area contributed by atoms with Crippen LogP contribution >= 0.6 is 22.6 Å². The molecule has 0 bridgehead atoms. The van der Waals surface area contributed by atoms with Gasteiger partial charge in [-0.2, -0.15) is 0 Å². The summed E-state index contributed by atoms with van der Waals surface area (Å²) in [5.74, 6) is 0.200. The molecule has 0 unspecified atom stereocenters. The molecule has 0 radical (unpaired) electrons. The Balaban J connectivity index is 1.61. The molecular weight excluding hydrogens is 499 g/mol. The van der Waals surface area contributed by atoms with Crippen LogP contribution < -0.4 is 4.74 Å². The Morgan fingerprint density at radius 3 is 2.17 bits per heavy atom. The van der Waals surface area contributed by atoms with Crippen LogP contribution in [0.25, 0.3) is 0 Å². The van der Waals surface area contributed by atoms with E-state index in [1.807, 2.05) is 24.3 Å². The minimum Gasteiger partial charge on any atom is -0.434 e. The van der Waals surface area contributed by atoms with Gasteiger partial charge in [-0.3, -0.25) is 9.59 Å². The van der Waals surface area contributed by atoms with Crippen molar-refractivity contribution in [1.82, 2.24) is 9.80 Å². The monoisotopic (exact) mass is 522 g/mol. The van der Waals surface area contributed by atoms with E-state index in [0.29, 0.717) is 49.5 Å². The van der Waals surface area contributed by atoms with Crippen molar-refractivity contribution < 1.29 is 23.9 Å². The fourth-order valence-corrected chi connectivity index (χ4v) is 3.84. The number of carbonyl (C=O) groups is 3. The van der Waals surface area contributed by atoms with E-state index in [1.165, 1.54) is 0 Å². The van der Waals surface area contributed by atoms with Crippen LogP contribution in [0, 0.1) is 3.57 Å². The van der Waals surface area contributed by atoms with Gasteiger partial charge in [0.1, 0.15) is 5.75 Å². The fourth-order valence-electron chi connectivity index (χ4n) is 3.22. The number of benzene rings is 2. The van der Waals surface area contributed by atoms with E-state index in [0.717, 1.165) is 3.57 Å². The van der Waals surface area contributed by atoms with Crippen molar-refractivity contribution in [2.75, 3.05) is 32.8 Å². The maximum absolute atomic E-state index is 12.9. The van der Waals surface area contributed by atoms with Gasteiger partial charge < -0.3 is 19.3 Å². The SMILES string of the molecule is CCOC(=O)Oc1ccc(C(=O)N2CCCN(C(=O)c3ccccc3I)CC2)cc1. The number of amides is 2. The van der Waals surface area contributed by atoms with Gasteiger partial charge in [-0.15, -0.1) is 0 Å². The zero-order valence-electron chi connectivity index (χ0n) is 16.7. The second-order valence-electron chi connectivity index (χ2n) is 6.73. The molecule has 1 saturated heterocycles. The van der Waals surface area contributed by atoms with Crippen LogP contribution in [0.1, 0.15) is 34.1 Å². The maximum atomic E-state index is 12.9. The van der Waals surface area contributed by atoms with Gasteiger partial charge in [0.25, 0.3) is 11.8 Å². The van der Waals surface area contributed by atoms with Crippen molar-refractivity contribution in [3.63, 3.8) is 0 Å². The van der Waals surface area contributed by atoms with Crippen LogP contribution in [0.4, 0.5) is 4.79 Å². The van der Waals surface area contributed by atoms with Crippen molar-refractivity contribution in [3.8, 4) is 5.75 Å². The summed E-state index contributed by atoms with van der Waals surface area (Å²) >= 11 is 2.17. The Bertz CT molecular complexity index is 916. The molecule has 1 heterocycles. The number of nitrogens with zero attached hydrogens (tertiary/aromatic N) is 2. The number of rotatable bonds is 4. The molecule has 0 atom stereocenters. The van der Waals surface area contributed by atoms with E-state index in [1.54, 1.807) is 41.0 Å². The predicted molar refractivity (Wildman–Crippen MR) is 120 cm³/mol. The molecule has 158 valence electrons. The van der Waals surface area contributed by atoms with Crippen molar-refractivity contribution in [3.05, 3.63) is 63.2 Å². The van der Waals surface area contributed by atoms with E-state index in [-0.39, 0.29) is 18.4 Å². The Labute approximate surface area is 189 Å². The van der Waals surface area contributed by atoms with Crippen LogP contribution in [0.15, 0.2) is 48.5 Å². The highest BCUT2D eigenvalue weighted by atomic mass is 127. The summed E-state index contributed by atoms with van der Waals surface area (Å²) in [4.78, 5) is 40.7. The molecule has 1 fully saturated rings. The Hall–Kier alpha value is -2.62. The first kappa shape index (κ1) is 22.1. The van der Waals surface area contributed by atoms with E-state index in [2.05, 4.69) is 22.6 Å². The molecule has 0 saturated carbocycles. The molecule has 1 aliphatic heterocycles. The van der Waals surface area contributed by atoms with E-state index >= 15 is 0 Å². The lowest BCUT2D eigenvalue weighted by Crippen LogP contribution is -2.37. The maximum Gasteiger partial charge on any atom is 0.513 e. The molecule has 30 heavy (non-hydrogen) atoms. The third kappa shape index (κ3) is 5.50. The van der Waals surface area contributed by atoms with Gasteiger partial charge in [-0.05, 0) is 72.3 Å². The quantitative estimate of drug-likeness (QED) is 0.347. The van der Waals surface area contributed by atoms with Crippen LogP contribution in [0.5, 0.6) is 5.75 Å². The minimum atomic E-state index is -0.776. The molecule has 0 spiro atoms. The van der Waals surface area contributed by atoms with Gasteiger partial charge in [0, 0.05) is 35.3 Å². The number of halogens is 1. The first-order chi connectivity index (χ1) is 14.5. The molecule has 7 nitrogen and oxygen atoms in total. The lowest BCUT2D eigenvalue weighted by molar-refractivity contribution is 0.0718. The van der Waals surface area contributed by atoms with Gasteiger partial charge in [-0.25, -0.2) is 4.79 Å². The second-order valence-corrected chi connectivity index (χ2v) is 7.89. The number of ether oxygens (including phenoxy) is 2. The van der Waals surface area contributed by atoms with Gasteiger partial charge in [0.15, 0.2) is 0 Å². The van der Waals surface area contributed by atoms with Gasteiger partial charge >= 0.3 is 6.16 Å². The van der Waals surface area contributed by atoms with Crippen molar-refractivity contribution in [2.45, 2.75) is 13.3 Å². The van der Waals surface area contributed by atoms with E-state index in [4.69, 9.17) is 9.47 Å². The molecule has 0 N–H and O–H groups in total. The van der Waals surface area contributed by atoms with Gasteiger partial charge in [0.05, 0.1) is 12.2 Å². The molecule has 0 aliphatic carbocycles. The smallest absolute Gasteiger partial charge is 0.434 e. The zero-order chi connectivity index (χ0) is 21.5. The predicted octanol–water partition coefficient (Wildman–Crippen LogP) is 3.81. The number of hydrogen-bond acceptors (Lipinski definition) is 5. The van der Waals surface area contributed by atoms with Crippen LogP contribution in [0.2, 0.25) is 0 Å². The normalized spacial score (nSPS) is 14.1. The summed E-state index contributed by atoms with van der Waals surface area (Å²) < 4.78 is 10.7. The molecular formula is C22H23IN2O5. The zero-order valence-corrected chi connectivity index (χ0v) is 18.8. The third-order valence-corrected chi connectivity index (χ3v) is 5.68. The Kier molecular flexibility index (Phi) is 7.67. The highest BCUT2D eigenvalue weighted by Crippen LogP contribution is 2.18. The van der Waals surface area contributed by atoms with Gasteiger partial charge in [-0.1, -0.05) is 12.1 Å². The largest absolute Gasteiger partial charge is 0.513 e. The van der Waals surface area contributed by atoms with Crippen LogP contribution in [-0.4, -0.2) is 60.6 Å². The highest BCUT2D eigenvalue weighted by Gasteiger charge is 2.24. The highest BCUT2D eigenvalue weighted by molar-refractivity contribution is 14.1. The fraction of sp³-hybridized carbons (Fsp3) is 0.318. The summed E-state index contributed by atoms with van der Waals surface area (Å²) in [7, 11) is 0. The average Bonchev–Trinajstić information content (AvgIpc) is 3.00. The minimum absolute atomic E-state index is 0.00485.